The number of aryl methyl sites for hydroxylation is 1. The molecule has 4 nitrogen and oxygen atoms in total. The Hall–Kier alpha value is -0.870. The number of aromatic nitrogens is 2. The largest absolute Gasteiger partial charge is 0.323 e. The van der Waals surface area contributed by atoms with Gasteiger partial charge >= 0.3 is 0 Å². The van der Waals surface area contributed by atoms with Crippen LogP contribution < -0.4 is 5.73 Å². The van der Waals surface area contributed by atoms with Crippen LogP contribution in [0.25, 0.3) is 0 Å². The lowest BCUT2D eigenvalue weighted by Crippen LogP contribution is -2.34. The van der Waals surface area contributed by atoms with E-state index in [2.05, 4.69) is 17.0 Å². The van der Waals surface area contributed by atoms with Gasteiger partial charge in [-0.25, -0.2) is 0 Å². The van der Waals surface area contributed by atoms with Crippen LogP contribution in [0.4, 0.5) is 0 Å². The molecular weight excluding hydrogens is 236 g/mol. The first-order chi connectivity index (χ1) is 9.11. The molecule has 0 saturated heterocycles. The Morgan fingerprint density at radius 1 is 1.47 bits per heavy atom. The molecule has 2 aliphatic carbocycles. The Morgan fingerprint density at radius 3 is 2.89 bits per heavy atom. The molecule has 19 heavy (non-hydrogen) atoms. The number of rotatable bonds is 5. The highest BCUT2D eigenvalue weighted by Gasteiger charge is 2.39. The van der Waals surface area contributed by atoms with Crippen molar-refractivity contribution in [2.75, 3.05) is 20.1 Å². The molecule has 4 atom stereocenters. The van der Waals surface area contributed by atoms with E-state index in [0.29, 0.717) is 0 Å². The molecule has 1 heterocycles. The number of fused-ring (bicyclic) bond motifs is 2. The van der Waals surface area contributed by atoms with Gasteiger partial charge < -0.3 is 10.6 Å². The Labute approximate surface area is 116 Å². The molecular formula is C15H26N4. The highest BCUT2D eigenvalue weighted by atomic mass is 15.2. The maximum absolute atomic E-state index is 6.26. The number of hydrogen-bond donors (Lipinski definition) is 1. The van der Waals surface area contributed by atoms with E-state index in [4.69, 9.17) is 5.73 Å². The fourth-order valence-electron chi connectivity index (χ4n) is 4.15. The van der Waals surface area contributed by atoms with E-state index in [9.17, 15) is 0 Å². The van der Waals surface area contributed by atoms with Gasteiger partial charge in [0.25, 0.3) is 0 Å². The maximum Gasteiger partial charge on any atom is 0.0537 e. The number of likely N-dealkylation sites (N-methyl/N-ethyl adjacent to an activating group) is 1. The summed E-state index contributed by atoms with van der Waals surface area (Å²) in [4.78, 5) is 2.42. The molecule has 2 N–H and O–H groups in total. The van der Waals surface area contributed by atoms with E-state index in [1.165, 1.54) is 32.2 Å². The molecule has 4 unspecified atom stereocenters. The predicted molar refractivity (Wildman–Crippen MR) is 76.6 cm³/mol. The molecule has 4 heteroatoms. The van der Waals surface area contributed by atoms with Gasteiger partial charge in [-0.15, -0.1) is 0 Å². The van der Waals surface area contributed by atoms with Crippen LogP contribution >= 0.6 is 0 Å². The zero-order valence-corrected chi connectivity index (χ0v) is 12.1. The highest BCUT2D eigenvalue weighted by Crippen LogP contribution is 2.48. The molecule has 106 valence electrons. The van der Waals surface area contributed by atoms with Crippen LogP contribution in [0.15, 0.2) is 12.4 Å². The third kappa shape index (κ3) is 2.84. The minimum atomic E-state index is 0.0808. The average molecular weight is 262 g/mol. The van der Waals surface area contributed by atoms with Crippen LogP contribution in [0.2, 0.25) is 0 Å². The van der Waals surface area contributed by atoms with Crippen LogP contribution in [0.1, 0.15) is 37.3 Å². The Balaban J connectivity index is 1.49. The van der Waals surface area contributed by atoms with Gasteiger partial charge in [-0.2, -0.15) is 5.10 Å². The molecule has 0 aliphatic heterocycles. The summed E-state index contributed by atoms with van der Waals surface area (Å²) in [5.41, 5.74) is 7.41. The standard InChI is InChI=1S/C15H26N4/c1-18(8-13-6-11-3-4-12(13)5-11)10-15(16)14-7-17-19(2)9-14/h7,9,11-13,15H,3-6,8,10,16H2,1-2H3. The first-order valence-corrected chi connectivity index (χ1v) is 7.54. The SMILES string of the molecule is CN(CC(N)c1cnn(C)c1)CC1CC2CCC1C2. The molecule has 2 fully saturated rings. The summed E-state index contributed by atoms with van der Waals surface area (Å²) >= 11 is 0. The molecule has 0 spiro atoms. The van der Waals surface area contributed by atoms with E-state index in [-0.39, 0.29) is 6.04 Å². The van der Waals surface area contributed by atoms with Crippen molar-refractivity contribution in [1.29, 1.82) is 0 Å². The van der Waals surface area contributed by atoms with Gasteiger partial charge in [0.05, 0.1) is 6.20 Å². The van der Waals surface area contributed by atoms with Crippen molar-refractivity contribution in [3.05, 3.63) is 18.0 Å². The minimum Gasteiger partial charge on any atom is -0.323 e. The number of hydrogen-bond acceptors (Lipinski definition) is 3. The summed E-state index contributed by atoms with van der Waals surface area (Å²) in [5, 5.41) is 4.20. The normalized spacial score (nSPS) is 31.3. The average Bonchev–Trinajstić information content (AvgIpc) is 3.04. The fraction of sp³-hybridized carbons (Fsp3) is 0.800. The van der Waals surface area contributed by atoms with Crippen molar-refractivity contribution in [3.63, 3.8) is 0 Å². The second-order valence-corrected chi connectivity index (χ2v) is 6.71. The second kappa shape index (κ2) is 5.25. The van der Waals surface area contributed by atoms with Gasteiger partial charge in [-0.3, -0.25) is 4.68 Å². The summed E-state index contributed by atoms with van der Waals surface area (Å²) in [7, 11) is 4.15. The lowest BCUT2D eigenvalue weighted by atomic mass is 9.88. The van der Waals surface area contributed by atoms with Gasteiger partial charge in [0.1, 0.15) is 0 Å². The summed E-state index contributed by atoms with van der Waals surface area (Å²) in [6.07, 6.45) is 9.81. The zero-order valence-electron chi connectivity index (χ0n) is 12.1. The topological polar surface area (TPSA) is 47.1 Å². The first kappa shape index (κ1) is 13.1. The van der Waals surface area contributed by atoms with Gasteiger partial charge in [-0.1, -0.05) is 6.42 Å². The van der Waals surface area contributed by atoms with Crippen LogP contribution in [0.5, 0.6) is 0 Å². The third-order valence-corrected chi connectivity index (χ3v) is 5.09. The van der Waals surface area contributed by atoms with Crippen LogP contribution in [0.3, 0.4) is 0 Å². The van der Waals surface area contributed by atoms with Crippen LogP contribution in [0, 0.1) is 17.8 Å². The molecule has 0 amide bonds. The Bertz CT molecular complexity index is 428. The molecule has 0 aromatic carbocycles. The van der Waals surface area contributed by atoms with Gasteiger partial charge in [0.2, 0.25) is 0 Å². The molecule has 1 aromatic heterocycles. The second-order valence-electron chi connectivity index (χ2n) is 6.71. The van der Waals surface area contributed by atoms with Crippen molar-refractivity contribution in [3.8, 4) is 0 Å². The molecule has 2 bridgehead atoms. The predicted octanol–water partition coefficient (Wildman–Crippen LogP) is 1.79. The molecule has 2 saturated carbocycles. The van der Waals surface area contributed by atoms with E-state index in [1.54, 1.807) is 0 Å². The maximum atomic E-state index is 6.26. The number of nitrogens with two attached hydrogens (primary N) is 1. The van der Waals surface area contributed by atoms with Crippen LogP contribution in [-0.2, 0) is 7.05 Å². The fourth-order valence-corrected chi connectivity index (χ4v) is 4.15. The quantitative estimate of drug-likeness (QED) is 0.880. The van der Waals surface area contributed by atoms with Crippen molar-refractivity contribution < 1.29 is 0 Å². The van der Waals surface area contributed by atoms with Gasteiger partial charge in [0, 0.05) is 37.9 Å². The summed E-state index contributed by atoms with van der Waals surface area (Å²) in [5.74, 6) is 2.96. The molecule has 2 aliphatic rings. The third-order valence-electron chi connectivity index (χ3n) is 5.09. The van der Waals surface area contributed by atoms with E-state index >= 15 is 0 Å². The molecule has 0 radical (unpaired) electrons. The van der Waals surface area contributed by atoms with E-state index < -0.39 is 0 Å². The number of nitrogens with zero attached hydrogens (tertiary/aromatic N) is 3. The van der Waals surface area contributed by atoms with Crippen molar-refractivity contribution in [1.82, 2.24) is 14.7 Å². The van der Waals surface area contributed by atoms with Crippen molar-refractivity contribution in [2.24, 2.45) is 30.5 Å². The summed E-state index contributed by atoms with van der Waals surface area (Å²) < 4.78 is 1.82. The van der Waals surface area contributed by atoms with Crippen LogP contribution in [-0.4, -0.2) is 34.8 Å². The minimum absolute atomic E-state index is 0.0808. The van der Waals surface area contributed by atoms with Crippen molar-refractivity contribution in [2.45, 2.75) is 31.7 Å². The Morgan fingerprint density at radius 2 is 2.32 bits per heavy atom. The zero-order chi connectivity index (χ0) is 13.4. The Kier molecular flexibility index (Phi) is 3.63. The monoisotopic (exact) mass is 262 g/mol. The van der Waals surface area contributed by atoms with Crippen molar-refractivity contribution >= 4 is 0 Å². The van der Waals surface area contributed by atoms with Gasteiger partial charge in [0.15, 0.2) is 0 Å². The lowest BCUT2D eigenvalue weighted by Gasteiger charge is -2.28. The first-order valence-electron chi connectivity index (χ1n) is 7.54. The lowest BCUT2D eigenvalue weighted by molar-refractivity contribution is 0.212. The van der Waals surface area contributed by atoms with Gasteiger partial charge in [-0.05, 0) is 44.1 Å². The summed E-state index contributed by atoms with van der Waals surface area (Å²) in [6.45, 7) is 2.15. The van der Waals surface area contributed by atoms with E-state index in [1.807, 2.05) is 24.1 Å². The molecule has 3 rings (SSSR count). The highest BCUT2D eigenvalue weighted by molar-refractivity contribution is 5.10. The van der Waals surface area contributed by atoms with E-state index in [0.717, 1.165) is 29.9 Å². The smallest absolute Gasteiger partial charge is 0.0537 e. The summed E-state index contributed by atoms with van der Waals surface area (Å²) in [6, 6.07) is 0.0808. The molecule has 1 aromatic rings.